The van der Waals surface area contributed by atoms with E-state index in [1.54, 1.807) is 23.9 Å². The monoisotopic (exact) mass is 333 g/mol. The summed E-state index contributed by atoms with van der Waals surface area (Å²) in [5.41, 5.74) is 0. The SMILES string of the molecule is CSCCCCCNS(=O)(=O)c1ccc(OCCO)cc1. The van der Waals surface area contributed by atoms with Gasteiger partial charge in [-0.25, -0.2) is 13.1 Å². The van der Waals surface area contributed by atoms with Crippen molar-refractivity contribution in [1.29, 1.82) is 0 Å². The van der Waals surface area contributed by atoms with E-state index in [-0.39, 0.29) is 18.1 Å². The van der Waals surface area contributed by atoms with Crippen molar-refractivity contribution < 1.29 is 18.3 Å². The quantitative estimate of drug-likeness (QED) is 0.605. The van der Waals surface area contributed by atoms with Crippen LogP contribution in [0, 0.1) is 0 Å². The maximum Gasteiger partial charge on any atom is 0.240 e. The Kier molecular flexibility index (Phi) is 8.75. The molecule has 0 bridgehead atoms. The van der Waals surface area contributed by atoms with Crippen molar-refractivity contribution >= 4 is 21.8 Å². The Morgan fingerprint density at radius 1 is 1.19 bits per heavy atom. The van der Waals surface area contributed by atoms with Crippen LogP contribution in [0.15, 0.2) is 29.2 Å². The van der Waals surface area contributed by atoms with Crippen LogP contribution in [0.5, 0.6) is 5.75 Å². The van der Waals surface area contributed by atoms with E-state index in [4.69, 9.17) is 9.84 Å². The van der Waals surface area contributed by atoms with Crippen molar-refractivity contribution in [2.24, 2.45) is 0 Å². The van der Waals surface area contributed by atoms with Gasteiger partial charge in [0, 0.05) is 6.54 Å². The van der Waals surface area contributed by atoms with Crippen LogP contribution in [0.3, 0.4) is 0 Å². The Balaban J connectivity index is 2.42. The molecule has 0 unspecified atom stereocenters. The van der Waals surface area contributed by atoms with Crippen molar-refractivity contribution in [2.75, 3.05) is 31.8 Å². The van der Waals surface area contributed by atoms with Crippen LogP contribution in [0.25, 0.3) is 0 Å². The highest BCUT2D eigenvalue weighted by molar-refractivity contribution is 7.98. The lowest BCUT2D eigenvalue weighted by atomic mass is 10.2. The van der Waals surface area contributed by atoms with Gasteiger partial charge in [0.15, 0.2) is 0 Å². The lowest BCUT2D eigenvalue weighted by Crippen LogP contribution is -2.24. The molecular weight excluding hydrogens is 310 g/mol. The van der Waals surface area contributed by atoms with E-state index in [0.717, 1.165) is 25.0 Å². The minimum absolute atomic E-state index is 0.0713. The van der Waals surface area contributed by atoms with Gasteiger partial charge in [0.1, 0.15) is 12.4 Å². The second-order valence-corrected chi connectivity index (χ2v) is 7.25. The highest BCUT2D eigenvalue weighted by Gasteiger charge is 2.12. The zero-order valence-electron chi connectivity index (χ0n) is 12.2. The summed E-state index contributed by atoms with van der Waals surface area (Å²) in [5, 5.41) is 8.65. The number of aliphatic hydroxyl groups is 1. The number of thioether (sulfide) groups is 1. The first-order valence-corrected chi connectivity index (χ1v) is 9.80. The molecule has 0 heterocycles. The summed E-state index contributed by atoms with van der Waals surface area (Å²) in [5.74, 6) is 1.65. The van der Waals surface area contributed by atoms with Crippen LogP contribution in [0.1, 0.15) is 19.3 Å². The first-order chi connectivity index (χ1) is 10.1. The summed E-state index contributed by atoms with van der Waals surface area (Å²) >= 11 is 1.80. The van der Waals surface area contributed by atoms with Crippen molar-refractivity contribution in [1.82, 2.24) is 4.72 Å². The van der Waals surface area contributed by atoms with Gasteiger partial charge in [0.2, 0.25) is 10.0 Å². The van der Waals surface area contributed by atoms with Crippen LogP contribution < -0.4 is 9.46 Å². The third-order valence-electron chi connectivity index (χ3n) is 2.81. The molecule has 21 heavy (non-hydrogen) atoms. The van der Waals surface area contributed by atoms with Crippen molar-refractivity contribution in [2.45, 2.75) is 24.2 Å². The van der Waals surface area contributed by atoms with Crippen LogP contribution in [0.4, 0.5) is 0 Å². The highest BCUT2D eigenvalue weighted by Crippen LogP contribution is 2.15. The Hall–Kier alpha value is -0.760. The van der Waals surface area contributed by atoms with Crippen molar-refractivity contribution in [3.63, 3.8) is 0 Å². The predicted octanol–water partition coefficient (Wildman–Crippen LogP) is 1.87. The Labute approximate surface area is 131 Å². The normalized spacial score (nSPS) is 11.5. The molecule has 0 aliphatic carbocycles. The average molecular weight is 333 g/mol. The largest absolute Gasteiger partial charge is 0.491 e. The number of rotatable bonds is 11. The maximum atomic E-state index is 12.1. The number of aliphatic hydroxyl groups excluding tert-OH is 1. The molecule has 0 fully saturated rings. The van der Waals surface area contributed by atoms with Crippen LogP contribution in [-0.4, -0.2) is 45.3 Å². The summed E-state index contributed by atoms with van der Waals surface area (Å²) in [4.78, 5) is 0.225. The third-order valence-corrected chi connectivity index (χ3v) is 4.99. The Morgan fingerprint density at radius 2 is 1.90 bits per heavy atom. The van der Waals surface area contributed by atoms with Crippen LogP contribution >= 0.6 is 11.8 Å². The molecule has 0 radical (unpaired) electrons. The summed E-state index contributed by atoms with van der Waals surface area (Å²) in [6, 6.07) is 6.18. The third kappa shape index (κ3) is 7.17. The van der Waals surface area contributed by atoms with Gasteiger partial charge >= 0.3 is 0 Å². The maximum absolute atomic E-state index is 12.1. The molecule has 0 aliphatic rings. The fourth-order valence-electron chi connectivity index (χ4n) is 1.72. The van der Waals surface area contributed by atoms with Gasteiger partial charge in [-0.3, -0.25) is 0 Å². The lowest BCUT2D eigenvalue weighted by Gasteiger charge is -2.08. The summed E-state index contributed by atoms with van der Waals surface area (Å²) in [7, 11) is -3.45. The number of nitrogens with one attached hydrogen (secondary N) is 1. The molecule has 120 valence electrons. The summed E-state index contributed by atoms with van der Waals surface area (Å²) in [6.45, 7) is 0.581. The first-order valence-electron chi connectivity index (χ1n) is 6.92. The molecule has 1 rings (SSSR count). The molecule has 2 N–H and O–H groups in total. The highest BCUT2D eigenvalue weighted by atomic mass is 32.2. The van der Waals surface area contributed by atoms with Crippen LogP contribution in [0.2, 0.25) is 0 Å². The number of hydrogen-bond donors (Lipinski definition) is 2. The molecule has 0 saturated carbocycles. The fourth-order valence-corrected chi connectivity index (χ4v) is 3.28. The van der Waals surface area contributed by atoms with E-state index in [1.165, 1.54) is 12.1 Å². The number of hydrogen-bond acceptors (Lipinski definition) is 5. The molecule has 5 nitrogen and oxygen atoms in total. The van der Waals surface area contributed by atoms with Gasteiger partial charge < -0.3 is 9.84 Å². The fraction of sp³-hybridized carbons (Fsp3) is 0.571. The molecule has 1 aromatic carbocycles. The number of unbranched alkanes of at least 4 members (excludes halogenated alkanes) is 2. The molecule has 0 atom stereocenters. The standard InChI is InChI=1S/C14H23NO4S2/c1-20-12-4-2-3-9-15-21(17,18)14-7-5-13(6-8-14)19-11-10-16/h5-8,15-16H,2-4,9-12H2,1H3. The molecule has 1 aromatic rings. The average Bonchev–Trinajstić information content (AvgIpc) is 2.49. The zero-order chi connectivity index (χ0) is 15.6. The van der Waals surface area contributed by atoms with Crippen molar-refractivity contribution in [3.8, 4) is 5.75 Å². The molecule has 7 heteroatoms. The van der Waals surface area contributed by atoms with Gasteiger partial charge in [-0.2, -0.15) is 11.8 Å². The smallest absolute Gasteiger partial charge is 0.240 e. The summed E-state index contributed by atoms with van der Waals surface area (Å²) in [6.07, 6.45) is 5.05. The van der Waals surface area contributed by atoms with Gasteiger partial charge in [-0.05, 0) is 49.1 Å². The second-order valence-electron chi connectivity index (χ2n) is 4.49. The topological polar surface area (TPSA) is 75.6 Å². The molecule has 0 aliphatic heterocycles. The molecular formula is C14H23NO4S2. The van der Waals surface area contributed by atoms with Crippen molar-refractivity contribution in [3.05, 3.63) is 24.3 Å². The number of sulfonamides is 1. The van der Waals surface area contributed by atoms with Gasteiger partial charge in [-0.1, -0.05) is 6.42 Å². The minimum Gasteiger partial charge on any atom is -0.491 e. The Morgan fingerprint density at radius 3 is 2.52 bits per heavy atom. The summed E-state index contributed by atoms with van der Waals surface area (Å²) < 4.78 is 31.9. The van der Waals surface area contributed by atoms with E-state index in [0.29, 0.717) is 12.3 Å². The molecule has 0 amide bonds. The molecule has 0 aromatic heterocycles. The van der Waals surface area contributed by atoms with Gasteiger partial charge in [0.05, 0.1) is 11.5 Å². The minimum atomic E-state index is -3.45. The second kappa shape index (κ2) is 10.0. The predicted molar refractivity (Wildman–Crippen MR) is 86.4 cm³/mol. The lowest BCUT2D eigenvalue weighted by molar-refractivity contribution is 0.201. The van der Waals surface area contributed by atoms with Gasteiger partial charge in [0.25, 0.3) is 0 Å². The first kappa shape index (κ1) is 18.3. The van der Waals surface area contributed by atoms with E-state index in [2.05, 4.69) is 11.0 Å². The van der Waals surface area contributed by atoms with E-state index < -0.39 is 10.0 Å². The molecule has 0 saturated heterocycles. The Bertz CT molecular complexity index is 488. The molecule has 0 spiro atoms. The van der Waals surface area contributed by atoms with E-state index >= 15 is 0 Å². The number of ether oxygens (including phenoxy) is 1. The zero-order valence-corrected chi connectivity index (χ0v) is 13.9. The van der Waals surface area contributed by atoms with E-state index in [9.17, 15) is 8.42 Å². The van der Waals surface area contributed by atoms with Crippen LogP contribution in [-0.2, 0) is 10.0 Å². The van der Waals surface area contributed by atoms with Gasteiger partial charge in [-0.15, -0.1) is 0 Å². The van der Waals surface area contributed by atoms with E-state index in [1.807, 2.05) is 0 Å². The number of benzene rings is 1.